The molecule has 3 atom stereocenters. The molecular weight excluding hydrogens is 385 g/mol. The van der Waals surface area contributed by atoms with Crippen molar-refractivity contribution in [2.24, 2.45) is 0 Å². The van der Waals surface area contributed by atoms with Gasteiger partial charge in [-0.25, -0.2) is 17.6 Å². The number of amides is 2. The maximum absolute atomic E-state index is 14.0. The van der Waals surface area contributed by atoms with E-state index in [1.165, 1.54) is 22.5 Å². The number of nitrogens with zero attached hydrogens (tertiary/aromatic N) is 2. The van der Waals surface area contributed by atoms with Crippen LogP contribution in [0, 0.1) is 5.82 Å². The molecule has 1 aromatic carbocycles. The zero-order chi connectivity index (χ0) is 19.9. The molecule has 4 rings (SSSR count). The van der Waals surface area contributed by atoms with E-state index in [0.29, 0.717) is 32.2 Å². The van der Waals surface area contributed by atoms with Crippen LogP contribution in [-0.4, -0.2) is 66.1 Å². The van der Waals surface area contributed by atoms with E-state index in [1.807, 2.05) is 4.90 Å². The number of hydrogen-bond acceptors (Lipinski definition) is 4. The number of sulfonamides is 1. The second kappa shape index (κ2) is 7.61. The molecule has 3 aliphatic rings. The van der Waals surface area contributed by atoms with Crippen molar-refractivity contribution in [2.45, 2.75) is 67.6 Å². The van der Waals surface area contributed by atoms with Gasteiger partial charge in [0.15, 0.2) is 0 Å². The first-order chi connectivity index (χ1) is 13.4. The Morgan fingerprint density at radius 3 is 2.50 bits per heavy atom. The van der Waals surface area contributed by atoms with Gasteiger partial charge in [-0.2, -0.15) is 4.31 Å². The smallest absolute Gasteiger partial charge is 0.318 e. The standard InChI is InChI=1S/C19H26FN3O4S/c20-17-5-1-2-6-18(17)28(26,27)22-9-3-4-13(12-22)21-19(25)23-14-7-8-15(23)11-16(24)10-14/h1-2,5-6,13-16,24H,3-4,7-12H2,(H,21,25)/t13-,14?,15?,16?/m0/s1. The Hall–Kier alpha value is -1.71. The SMILES string of the molecule is O=C(N[C@H]1CCCN(S(=O)(=O)c2ccccc2F)C1)N1C2CCC1CC(O)C2. The number of hydrogen-bond donors (Lipinski definition) is 2. The van der Waals surface area contributed by atoms with E-state index in [0.717, 1.165) is 18.9 Å². The minimum absolute atomic E-state index is 0.0515. The highest BCUT2D eigenvalue weighted by atomic mass is 32.2. The molecule has 7 nitrogen and oxygen atoms in total. The molecule has 154 valence electrons. The fourth-order valence-corrected chi connectivity index (χ4v) is 6.39. The number of aliphatic hydroxyl groups is 1. The number of aliphatic hydroxyl groups excluding tert-OH is 1. The Morgan fingerprint density at radius 2 is 1.82 bits per heavy atom. The third-order valence-corrected chi connectivity index (χ3v) is 8.01. The van der Waals surface area contributed by atoms with Gasteiger partial charge in [0.25, 0.3) is 0 Å². The first-order valence-corrected chi connectivity index (χ1v) is 11.3. The first kappa shape index (κ1) is 19.6. The van der Waals surface area contributed by atoms with Crippen molar-refractivity contribution in [3.8, 4) is 0 Å². The fourth-order valence-electron chi connectivity index (χ4n) is 4.80. The molecule has 2 amide bonds. The summed E-state index contributed by atoms with van der Waals surface area (Å²) in [6, 6.07) is 4.96. The molecule has 0 radical (unpaired) electrons. The number of benzene rings is 1. The molecule has 28 heavy (non-hydrogen) atoms. The molecule has 3 saturated heterocycles. The lowest BCUT2D eigenvalue weighted by Gasteiger charge is -2.39. The van der Waals surface area contributed by atoms with Gasteiger partial charge < -0.3 is 15.3 Å². The second-order valence-electron chi connectivity index (χ2n) is 8.00. The summed E-state index contributed by atoms with van der Waals surface area (Å²) in [6.07, 6.45) is 3.93. The van der Waals surface area contributed by atoms with Crippen LogP contribution in [0.3, 0.4) is 0 Å². The lowest BCUT2D eigenvalue weighted by atomic mass is 10.0. The van der Waals surface area contributed by atoms with E-state index in [9.17, 15) is 22.7 Å². The van der Waals surface area contributed by atoms with Crippen molar-refractivity contribution in [3.05, 3.63) is 30.1 Å². The van der Waals surface area contributed by atoms with Crippen LogP contribution in [0.4, 0.5) is 9.18 Å². The number of carbonyl (C=O) groups is 1. The molecule has 0 aliphatic carbocycles. The highest BCUT2D eigenvalue weighted by molar-refractivity contribution is 7.89. The van der Waals surface area contributed by atoms with Gasteiger partial charge in [0.1, 0.15) is 10.7 Å². The van der Waals surface area contributed by atoms with Crippen molar-refractivity contribution in [3.63, 3.8) is 0 Å². The monoisotopic (exact) mass is 411 g/mol. The Bertz CT molecular complexity index is 835. The van der Waals surface area contributed by atoms with Crippen LogP contribution in [0.1, 0.15) is 38.5 Å². The maximum atomic E-state index is 14.0. The quantitative estimate of drug-likeness (QED) is 0.792. The number of carbonyl (C=O) groups excluding carboxylic acids is 1. The number of piperidine rings is 2. The van der Waals surface area contributed by atoms with Gasteiger partial charge in [-0.3, -0.25) is 0 Å². The van der Waals surface area contributed by atoms with Gasteiger partial charge in [-0.15, -0.1) is 0 Å². The topological polar surface area (TPSA) is 90.0 Å². The predicted octanol–water partition coefficient (Wildman–Crippen LogP) is 1.68. The van der Waals surface area contributed by atoms with Gasteiger partial charge in [0.2, 0.25) is 10.0 Å². The first-order valence-electron chi connectivity index (χ1n) is 9.88. The van der Waals surface area contributed by atoms with E-state index in [2.05, 4.69) is 5.32 Å². The van der Waals surface area contributed by atoms with Gasteiger partial charge >= 0.3 is 6.03 Å². The summed E-state index contributed by atoms with van der Waals surface area (Å²) in [6.45, 7) is 0.443. The molecule has 0 saturated carbocycles. The van der Waals surface area contributed by atoms with Crippen molar-refractivity contribution < 1.29 is 22.7 Å². The molecule has 0 aromatic heterocycles. The molecule has 3 heterocycles. The van der Waals surface area contributed by atoms with Crippen LogP contribution >= 0.6 is 0 Å². The molecule has 3 fully saturated rings. The van der Waals surface area contributed by atoms with Gasteiger partial charge in [-0.1, -0.05) is 12.1 Å². The second-order valence-corrected chi connectivity index (χ2v) is 9.91. The molecule has 0 spiro atoms. The zero-order valence-electron chi connectivity index (χ0n) is 15.6. The summed E-state index contributed by atoms with van der Waals surface area (Å²) >= 11 is 0. The third-order valence-electron chi connectivity index (χ3n) is 6.11. The largest absolute Gasteiger partial charge is 0.393 e. The summed E-state index contributed by atoms with van der Waals surface area (Å²) in [7, 11) is -3.94. The average Bonchev–Trinajstić information content (AvgIpc) is 2.94. The minimum Gasteiger partial charge on any atom is -0.393 e. The van der Waals surface area contributed by atoms with Crippen LogP contribution in [0.5, 0.6) is 0 Å². The van der Waals surface area contributed by atoms with Gasteiger partial charge in [0.05, 0.1) is 6.10 Å². The zero-order valence-corrected chi connectivity index (χ0v) is 16.4. The molecule has 2 unspecified atom stereocenters. The molecular formula is C19H26FN3O4S. The number of urea groups is 1. The van der Waals surface area contributed by atoms with Crippen molar-refractivity contribution in [2.75, 3.05) is 13.1 Å². The van der Waals surface area contributed by atoms with E-state index in [1.54, 1.807) is 0 Å². The number of rotatable bonds is 3. The van der Waals surface area contributed by atoms with Crippen molar-refractivity contribution >= 4 is 16.1 Å². The Labute approximate surface area is 164 Å². The van der Waals surface area contributed by atoms with Crippen molar-refractivity contribution in [1.82, 2.24) is 14.5 Å². The van der Waals surface area contributed by atoms with E-state index in [-0.39, 0.29) is 41.7 Å². The van der Waals surface area contributed by atoms with E-state index in [4.69, 9.17) is 0 Å². The van der Waals surface area contributed by atoms with Crippen LogP contribution in [0.15, 0.2) is 29.2 Å². The highest BCUT2D eigenvalue weighted by Crippen LogP contribution is 2.35. The van der Waals surface area contributed by atoms with E-state index < -0.39 is 15.8 Å². The summed E-state index contributed by atoms with van der Waals surface area (Å²) in [5.41, 5.74) is 0. The minimum atomic E-state index is -3.94. The number of nitrogens with one attached hydrogen (secondary N) is 1. The van der Waals surface area contributed by atoms with Crippen LogP contribution in [0.2, 0.25) is 0 Å². The third kappa shape index (κ3) is 3.62. The Balaban J connectivity index is 1.43. The molecule has 3 aliphatic heterocycles. The summed E-state index contributed by atoms with van der Waals surface area (Å²) < 4.78 is 40.9. The highest BCUT2D eigenvalue weighted by Gasteiger charge is 2.43. The average molecular weight is 411 g/mol. The predicted molar refractivity (Wildman–Crippen MR) is 101 cm³/mol. The number of fused-ring (bicyclic) bond motifs is 2. The van der Waals surface area contributed by atoms with Gasteiger partial charge in [-0.05, 0) is 50.7 Å². The maximum Gasteiger partial charge on any atom is 0.318 e. The van der Waals surface area contributed by atoms with Gasteiger partial charge in [0, 0.05) is 31.2 Å². The number of halogens is 1. The molecule has 9 heteroatoms. The normalized spacial score (nSPS) is 31.0. The lowest BCUT2D eigenvalue weighted by Crippen LogP contribution is -2.57. The summed E-state index contributed by atoms with van der Waals surface area (Å²) in [5, 5.41) is 12.9. The Kier molecular flexibility index (Phi) is 5.32. The van der Waals surface area contributed by atoms with Crippen LogP contribution < -0.4 is 5.32 Å². The fraction of sp³-hybridized carbons (Fsp3) is 0.632. The van der Waals surface area contributed by atoms with E-state index >= 15 is 0 Å². The summed E-state index contributed by atoms with van der Waals surface area (Å²) in [5.74, 6) is -0.767. The molecule has 2 bridgehead atoms. The molecule has 1 aromatic rings. The Morgan fingerprint density at radius 1 is 1.14 bits per heavy atom. The van der Waals surface area contributed by atoms with Crippen LogP contribution in [-0.2, 0) is 10.0 Å². The molecule has 2 N–H and O–H groups in total. The lowest BCUT2D eigenvalue weighted by molar-refractivity contribution is 0.0528. The summed E-state index contributed by atoms with van der Waals surface area (Å²) in [4.78, 5) is 14.3. The van der Waals surface area contributed by atoms with Crippen molar-refractivity contribution in [1.29, 1.82) is 0 Å². The van der Waals surface area contributed by atoms with Crippen LogP contribution in [0.25, 0.3) is 0 Å².